The molecule has 0 saturated carbocycles. The number of methoxy groups -OCH3 is 1. The molecule has 7 N–H and O–H groups in total. The first-order chi connectivity index (χ1) is 42.1. The third-order valence-corrected chi connectivity index (χ3v) is 15.9. The van der Waals surface area contributed by atoms with Gasteiger partial charge in [0, 0.05) is 62.5 Å². The Kier molecular flexibility index (Phi) is 33.5. The maximum Gasteiger partial charge on any atom is 0.335 e. The van der Waals surface area contributed by atoms with Crippen molar-refractivity contribution in [3.05, 3.63) is 20.9 Å². The third-order valence-electron chi connectivity index (χ3n) is 15.9. The predicted molar refractivity (Wildman–Crippen MR) is 301 cm³/mol. The largest absolute Gasteiger partial charge is 0.479 e. The topological polar surface area (TPSA) is 421 Å². The lowest BCUT2D eigenvalue weighted by Gasteiger charge is -2.51. The lowest BCUT2D eigenvalue weighted by molar-refractivity contribution is -0.381. The minimum absolute atomic E-state index is 0.0217. The van der Waals surface area contributed by atoms with Crippen LogP contribution in [-0.2, 0) is 85.4 Å². The van der Waals surface area contributed by atoms with Crippen LogP contribution < -0.4 is 0 Å². The molecule has 5 heterocycles. The van der Waals surface area contributed by atoms with Crippen LogP contribution in [0.1, 0.15) is 126 Å². The van der Waals surface area contributed by atoms with Crippen LogP contribution in [0.2, 0.25) is 0 Å². The van der Waals surface area contributed by atoms with E-state index < -0.39 is 185 Å². The van der Waals surface area contributed by atoms with Crippen molar-refractivity contribution in [3.63, 3.8) is 0 Å². The van der Waals surface area contributed by atoms with Crippen molar-refractivity contribution < 1.29 is 121 Å². The second kappa shape index (κ2) is 39.2. The number of carboxylic acid groups (broad SMARTS) is 2. The SMILES string of the molecule is CCCCOC1[C@H](O[C@H]2OC(CO)[C@@H](OCCCC)[C@H](OCCCC)[C@@H]2N=[N+]=[N-])C(C(=O)O)O[C@@H](O[C@@H]2C(CO)O[C@@H](OC3C(C(=O)O)OC(O[C@@H]4C(CO)O[C@H](OC)C(C)[C@H]4OCCCC)[C@@H](O)[C@@H]3OCCCC)C(N=[N+]=[N-])[C@H]2O)[C@H]1OCCCC. The monoisotopic (exact) mass is 1250 g/mol. The number of aliphatic carboxylic acids is 2. The second-order valence-corrected chi connectivity index (χ2v) is 22.2. The molecule has 25 atom stereocenters. The van der Waals surface area contributed by atoms with Crippen LogP contribution in [0, 0.1) is 5.92 Å². The number of carbonyl (C=O) groups is 2. The zero-order valence-corrected chi connectivity index (χ0v) is 51.4. The highest BCUT2D eigenvalue weighted by Crippen LogP contribution is 2.40. The summed E-state index contributed by atoms with van der Waals surface area (Å²) in [4.78, 5) is 32.9. The Balaban J connectivity index is 1.50. The van der Waals surface area contributed by atoms with Crippen LogP contribution in [0.4, 0.5) is 0 Å². The number of rotatable bonds is 40. The Morgan fingerprint density at radius 3 is 1.26 bits per heavy atom. The van der Waals surface area contributed by atoms with E-state index in [1.807, 2.05) is 41.5 Å². The highest BCUT2D eigenvalue weighted by atomic mass is 16.8. The van der Waals surface area contributed by atoms with Gasteiger partial charge in [-0.2, -0.15) is 0 Å². The molecule has 5 saturated heterocycles. The summed E-state index contributed by atoms with van der Waals surface area (Å²) in [5.41, 5.74) is 20.0. The lowest BCUT2D eigenvalue weighted by atomic mass is 9.91. The van der Waals surface area contributed by atoms with Crippen molar-refractivity contribution in [2.75, 3.05) is 66.6 Å². The first kappa shape index (κ1) is 74.4. The maximum atomic E-state index is 13.6. The van der Waals surface area contributed by atoms with Gasteiger partial charge in [-0.3, -0.25) is 0 Å². The van der Waals surface area contributed by atoms with Crippen LogP contribution in [0.5, 0.6) is 0 Å². The molecule has 0 aromatic heterocycles. The van der Waals surface area contributed by atoms with Crippen molar-refractivity contribution in [3.8, 4) is 0 Å². The molecule has 87 heavy (non-hydrogen) atoms. The number of aliphatic hydroxyl groups is 5. The summed E-state index contributed by atoms with van der Waals surface area (Å²) in [6.45, 7) is 12.0. The Labute approximate surface area is 508 Å². The minimum atomic E-state index is -2.04. The van der Waals surface area contributed by atoms with Gasteiger partial charge in [0.05, 0.1) is 38.1 Å². The molecule has 0 amide bonds. The molecule has 5 fully saturated rings. The fourth-order valence-corrected chi connectivity index (χ4v) is 11.0. The van der Waals surface area contributed by atoms with Crippen molar-refractivity contribution in [2.45, 2.75) is 273 Å². The van der Waals surface area contributed by atoms with Gasteiger partial charge in [0.15, 0.2) is 43.7 Å². The van der Waals surface area contributed by atoms with E-state index in [4.69, 9.17) is 75.8 Å². The number of unbranched alkanes of at least 4 members (excludes halogenated alkanes) is 6. The van der Waals surface area contributed by atoms with E-state index >= 15 is 0 Å². The second-order valence-electron chi connectivity index (χ2n) is 22.2. The zero-order chi connectivity index (χ0) is 63.6. The molecule has 31 nitrogen and oxygen atoms in total. The van der Waals surface area contributed by atoms with Crippen molar-refractivity contribution >= 4 is 11.9 Å². The van der Waals surface area contributed by atoms with Gasteiger partial charge in [-0.15, -0.1) is 0 Å². The Bertz CT molecular complexity index is 2070. The molecule has 0 aromatic carbocycles. The van der Waals surface area contributed by atoms with Gasteiger partial charge in [0.2, 0.25) is 0 Å². The molecular weight excluding hydrogens is 1160 g/mol. The highest BCUT2D eigenvalue weighted by Gasteiger charge is 2.60. The van der Waals surface area contributed by atoms with Crippen LogP contribution in [0.3, 0.4) is 0 Å². The first-order valence-corrected chi connectivity index (χ1v) is 31.0. The molecular formula is C56H98N6O25. The Morgan fingerprint density at radius 1 is 0.425 bits per heavy atom. The van der Waals surface area contributed by atoms with E-state index in [2.05, 4.69) is 20.1 Å². The number of hydrogen-bond donors (Lipinski definition) is 7. The molecule has 5 rings (SSSR count). The molecule has 0 aliphatic carbocycles. The van der Waals surface area contributed by atoms with Crippen molar-refractivity contribution in [2.24, 2.45) is 16.1 Å². The summed E-state index contributed by atoms with van der Waals surface area (Å²) in [5.74, 6) is -3.72. The fourth-order valence-electron chi connectivity index (χ4n) is 11.0. The quantitative estimate of drug-likeness (QED) is 0.0199. The molecule has 0 spiro atoms. The summed E-state index contributed by atoms with van der Waals surface area (Å²) in [6, 6.07) is -3.17. The van der Waals surface area contributed by atoms with Gasteiger partial charge in [-0.25, -0.2) is 9.59 Å². The molecule has 5 aliphatic rings. The van der Waals surface area contributed by atoms with Gasteiger partial charge < -0.3 is 112 Å². The molecule has 0 aromatic rings. The summed E-state index contributed by atoms with van der Waals surface area (Å²) in [6.07, 6.45) is -25.9. The van der Waals surface area contributed by atoms with E-state index in [1.165, 1.54) is 7.11 Å². The van der Waals surface area contributed by atoms with E-state index in [9.17, 15) is 56.4 Å². The van der Waals surface area contributed by atoms with Crippen LogP contribution in [0.25, 0.3) is 20.9 Å². The van der Waals surface area contributed by atoms with Gasteiger partial charge in [0.1, 0.15) is 85.3 Å². The Hall–Kier alpha value is -3.28. The average Bonchev–Trinajstić information content (AvgIpc) is 1.57. The van der Waals surface area contributed by atoms with E-state index in [0.717, 1.165) is 19.3 Å². The third kappa shape index (κ3) is 19.9. The normalized spacial score (nSPS) is 38.1. The van der Waals surface area contributed by atoms with Crippen LogP contribution >= 0.6 is 0 Å². The van der Waals surface area contributed by atoms with E-state index in [1.54, 1.807) is 6.92 Å². The smallest absolute Gasteiger partial charge is 0.335 e. The number of hydrogen-bond acceptors (Lipinski definition) is 25. The van der Waals surface area contributed by atoms with Crippen molar-refractivity contribution in [1.82, 2.24) is 0 Å². The van der Waals surface area contributed by atoms with Gasteiger partial charge in [-0.05, 0) is 49.6 Å². The van der Waals surface area contributed by atoms with E-state index in [-0.39, 0.29) is 39.6 Å². The number of azide groups is 2. The van der Waals surface area contributed by atoms with Gasteiger partial charge in [-0.1, -0.05) is 97.2 Å². The van der Waals surface area contributed by atoms with Crippen LogP contribution in [-0.4, -0.2) is 262 Å². The molecule has 502 valence electrons. The van der Waals surface area contributed by atoms with Gasteiger partial charge >= 0.3 is 11.9 Å². The molecule has 0 bridgehead atoms. The van der Waals surface area contributed by atoms with E-state index in [0.29, 0.717) is 57.8 Å². The minimum Gasteiger partial charge on any atom is -0.479 e. The number of ether oxygens (including phenoxy) is 16. The predicted octanol–water partition coefficient (Wildman–Crippen LogP) is 3.77. The fraction of sp³-hybridized carbons (Fsp3) is 0.964. The standard InChI is InChI=1S/C56H98N6O25/c1-9-15-21-73-38-30(7)52(72-8)79-33(29-65)41(38)83-55-37(67)43(76-24-18-12-4)45(47(86-55)50(68)69)84-53-34(59-61-57)36(66)39(31(27-63)80-53)82-56-49(78-26-20-14-6)44(77-25-19-13-5)46(48(87-56)51(70)71)85-54-35(60-62-58)42(75-23-17-11-3)40(32(28-64)81-54)74-22-16-10-2/h30-49,52-56,63-67H,9-29H2,1-8H3,(H,68,69)(H,70,71)/t30?,31?,32?,33?,34?,35-,36+,37-,38+,39+,40+,41+,42+,43-,44?,45?,46-,47?,48?,49-,52-,53-,54+,55?,56+/m0/s1. The summed E-state index contributed by atoms with van der Waals surface area (Å²) in [5, 5.41) is 86.5. The average molecular weight is 1260 g/mol. The molecule has 31 heteroatoms. The maximum absolute atomic E-state index is 13.6. The summed E-state index contributed by atoms with van der Waals surface area (Å²) < 4.78 is 100. The van der Waals surface area contributed by atoms with Crippen LogP contribution in [0.15, 0.2) is 10.2 Å². The molecule has 5 aliphatic heterocycles. The number of nitrogens with zero attached hydrogens (tertiary/aromatic N) is 6. The number of carboxylic acids is 2. The summed E-state index contributed by atoms with van der Waals surface area (Å²) in [7, 11) is 1.43. The Morgan fingerprint density at radius 2 is 0.793 bits per heavy atom. The lowest BCUT2D eigenvalue weighted by Crippen LogP contribution is -2.69. The summed E-state index contributed by atoms with van der Waals surface area (Å²) >= 11 is 0. The zero-order valence-electron chi connectivity index (χ0n) is 51.4. The molecule has 10 unspecified atom stereocenters. The first-order valence-electron chi connectivity index (χ1n) is 31.0. The van der Waals surface area contributed by atoms with Gasteiger partial charge in [0.25, 0.3) is 0 Å². The number of aliphatic hydroxyl groups excluding tert-OH is 5. The van der Waals surface area contributed by atoms with Crippen molar-refractivity contribution in [1.29, 1.82) is 0 Å². The molecule has 0 radical (unpaired) electrons. The highest BCUT2D eigenvalue weighted by molar-refractivity contribution is 5.74.